The molecule has 0 saturated carbocycles. The van der Waals surface area contributed by atoms with Gasteiger partial charge in [-0.1, -0.05) is 82.6 Å². The monoisotopic (exact) mass is 220 g/mol. The van der Waals surface area contributed by atoms with Crippen molar-refractivity contribution in [2.24, 2.45) is 5.92 Å². The lowest BCUT2D eigenvalue weighted by molar-refractivity contribution is 0.737. The van der Waals surface area contributed by atoms with Gasteiger partial charge >= 0.3 is 0 Å². The second-order valence-electron chi connectivity index (χ2n) is 2.44. The Morgan fingerprint density at radius 1 is 0.667 bits per heavy atom. The maximum atomic E-state index is 3.00. The molecule has 0 heterocycles. The molecule has 100 valence electrons. The van der Waals surface area contributed by atoms with Gasteiger partial charge in [0.15, 0.2) is 0 Å². The molecule has 0 N–H and O–H groups in total. The van der Waals surface area contributed by atoms with Crippen LogP contribution in [0, 0.1) is 5.92 Å². The molecule has 0 spiro atoms. The molecule has 0 atom stereocenters. The van der Waals surface area contributed by atoms with Crippen LogP contribution in [-0.4, -0.2) is 0 Å². The van der Waals surface area contributed by atoms with Crippen LogP contribution in [0.4, 0.5) is 0 Å². The summed E-state index contributed by atoms with van der Waals surface area (Å²) in [4.78, 5) is 0. The van der Waals surface area contributed by atoms with Crippen LogP contribution >= 0.6 is 0 Å². The second kappa shape index (κ2) is 159. The third-order valence-electron chi connectivity index (χ3n) is 0. The minimum absolute atomic E-state index is 0.833. The maximum absolute atomic E-state index is 3.00. The lowest BCUT2D eigenvalue weighted by Crippen LogP contribution is -1.66. The van der Waals surface area contributed by atoms with Crippen LogP contribution in [-0.2, 0) is 0 Å². The zero-order valence-corrected chi connectivity index (χ0v) is 13.7. The van der Waals surface area contributed by atoms with Crippen LogP contribution in [0.1, 0.15) is 82.6 Å². The fraction of sp³-hybridized carbons (Fsp3) is 0.867. The minimum atomic E-state index is 0.833. The van der Waals surface area contributed by atoms with Gasteiger partial charge in [0.05, 0.1) is 0 Å². The number of hydrogen-bond donors (Lipinski definition) is 0. The van der Waals surface area contributed by atoms with Gasteiger partial charge in [0.1, 0.15) is 0 Å². The molecule has 0 rings (SSSR count). The Labute approximate surface area is 102 Å². The second-order valence-corrected chi connectivity index (χ2v) is 2.44. The molecule has 0 aliphatic heterocycles. The molecule has 0 radical (unpaired) electrons. The Hall–Kier alpha value is -0.260. The lowest BCUT2D eigenvalue weighted by Gasteiger charge is -1.79. The average molecular weight is 220 g/mol. The van der Waals surface area contributed by atoms with Crippen molar-refractivity contribution in [1.82, 2.24) is 0 Å². The predicted octanol–water partition coefficient (Wildman–Crippen LogP) is 6.96. The molecular weight excluding hydrogens is 180 g/mol. The summed E-state index contributed by atoms with van der Waals surface area (Å²) >= 11 is 0. The largest absolute Gasteiger partial charge is 0.106 e. The summed E-state index contributed by atoms with van der Waals surface area (Å²) in [5, 5.41) is 0. The SMILES string of the molecule is C=C.CC.CC.CC.CC(C)C.CCC. The summed E-state index contributed by atoms with van der Waals surface area (Å²) in [6, 6.07) is 0. The summed E-state index contributed by atoms with van der Waals surface area (Å²) in [6.07, 6.45) is 1.25. The van der Waals surface area contributed by atoms with Gasteiger partial charge in [-0.25, -0.2) is 0 Å². The first-order valence-corrected chi connectivity index (χ1v) is 6.65. The first-order chi connectivity index (χ1) is 7.15. The molecule has 0 aliphatic rings. The van der Waals surface area contributed by atoms with Crippen molar-refractivity contribution < 1.29 is 0 Å². The predicted molar refractivity (Wildman–Crippen MR) is 81.8 cm³/mol. The number of hydrogen-bond acceptors (Lipinski definition) is 0. The zero-order chi connectivity index (χ0) is 14.3. The third-order valence-corrected chi connectivity index (χ3v) is 0. The summed E-state index contributed by atoms with van der Waals surface area (Å²) < 4.78 is 0. The smallest absolute Gasteiger partial charge is 0.0500 e. The molecule has 0 bridgehead atoms. The highest BCUT2D eigenvalue weighted by Gasteiger charge is 1.68. The molecule has 0 unspecified atom stereocenters. The average Bonchev–Trinajstić information content (AvgIpc) is 2.29. The number of rotatable bonds is 0. The maximum Gasteiger partial charge on any atom is -0.0500 e. The quantitative estimate of drug-likeness (QED) is 0.387. The van der Waals surface area contributed by atoms with Crippen LogP contribution in [0.5, 0.6) is 0 Å². The van der Waals surface area contributed by atoms with Gasteiger partial charge in [-0.3, -0.25) is 0 Å². The van der Waals surface area contributed by atoms with Crippen LogP contribution in [0.3, 0.4) is 0 Å². The lowest BCUT2D eigenvalue weighted by atomic mass is 10.3. The molecule has 0 aromatic rings. The van der Waals surface area contributed by atoms with Crippen molar-refractivity contribution in [2.75, 3.05) is 0 Å². The van der Waals surface area contributed by atoms with E-state index in [2.05, 4.69) is 47.8 Å². The van der Waals surface area contributed by atoms with E-state index in [9.17, 15) is 0 Å². The van der Waals surface area contributed by atoms with Crippen molar-refractivity contribution in [3.63, 3.8) is 0 Å². The van der Waals surface area contributed by atoms with Crippen molar-refractivity contribution >= 4 is 0 Å². The molecule has 0 aliphatic carbocycles. The highest BCUT2D eigenvalue weighted by atomic mass is 13.7. The van der Waals surface area contributed by atoms with Crippen molar-refractivity contribution in [3.8, 4) is 0 Å². The van der Waals surface area contributed by atoms with Gasteiger partial charge in [0.2, 0.25) is 0 Å². The van der Waals surface area contributed by atoms with E-state index >= 15 is 0 Å². The Morgan fingerprint density at radius 2 is 0.667 bits per heavy atom. The van der Waals surface area contributed by atoms with Crippen molar-refractivity contribution in [3.05, 3.63) is 13.2 Å². The summed E-state index contributed by atoms with van der Waals surface area (Å²) in [7, 11) is 0. The van der Waals surface area contributed by atoms with Crippen LogP contribution in [0.25, 0.3) is 0 Å². The summed E-state index contributed by atoms with van der Waals surface area (Å²) in [6.45, 7) is 28.8. The van der Waals surface area contributed by atoms with E-state index in [0.717, 1.165) is 5.92 Å². The van der Waals surface area contributed by atoms with Gasteiger partial charge in [-0.05, 0) is 5.92 Å². The van der Waals surface area contributed by atoms with Crippen molar-refractivity contribution in [1.29, 1.82) is 0 Å². The Bertz CT molecular complexity index is 18.5. The molecule has 0 amide bonds. The van der Waals surface area contributed by atoms with Gasteiger partial charge < -0.3 is 0 Å². The zero-order valence-electron chi connectivity index (χ0n) is 13.7. The van der Waals surface area contributed by atoms with E-state index in [1.165, 1.54) is 6.42 Å². The molecule has 0 aromatic carbocycles. The molecule has 0 saturated heterocycles. The molecule has 0 nitrogen and oxygen atoms in total. The van der Waals surface area contributed by atoms with E-state index in [0.29, 0.717) is 0 Å². The van der Waals surface area contributed by atoms with E-state index < -0.39 is 0 Å². The first-order valence-electron chi connectivity index (χ1n) is 6.65. The molecule has 0 heteroatoms. The first kappa shape index (κ1) is 36.4. The van der Waals surface area contributed by atoms with E-state index in [-0.39, 0.29) is 0 Å². The molecular formula is C15H40. The molecule has 0 fully saturated rings. The topological polar surface area (TPSA) is 0 Å². The van der Waals surface area contributed by atoms with Crippen LogP contribution in [0.15, 0.2) is 13.2 Å². The summed E-state index contributed by atoms with van der Waals surface area (Å²) in [5.41, 5.74) is 0. The normalized spacial score (nSPS) is 5.07. The van der Waals surface area contributed by atoms with Gasteiger partial charge in [-0.2, -0.15) is 0 Å². The van der Waals surface area contributed by atoms with E-state index in [1.54, 1.807) is 0 Å². The fourth-order valence-electron chi connectivity index (χ4n) is 0. The highest BCUT2D eigenvalue weighted by molar-refractivity contribution is 4.22. The van der Waals surface area contributed by atoms with Crippen LogP contribution < -0.4 is 0 Å². The highest BCUT2D eigenvalue weighted by Crippen LogP contribution is 1.81. The van der Waals surface area contributed by atoms with Gasteiger partial charge in [0.25, 0.3) is 0 Å². The van der Waals surface area contributed by atoms with E-state index in [1.807, 2.05) is 41.5 Å². The minimum Gasteiger partial charge on any atom is -0.106 e. The van der Waals surface area contributed by atoms with Crippen molar-refractivity contribution in [2.45, 2.75) is 82.6 Å². The Morgan fingerprint density at radius 3 is 0.667 bits per heavy atom. The molecule has 15 heavy (non-hydrogen) atoms. The van der Waals surface area contributed by atoms with E-state index in [4.69, 9.17) is 0 Å². The van der Waals surface area contributed by atoms with Gasteiger partial charge in [0, 0.05) is 0 Å². The summed E-state index contributed by atoms with van der Waals surface area (Å²) in [5.74, 6) is 0.833. The standard InChI is InChI=1S/C4H10.C3H8.3C2H6.C2H4/c1-4(2)3;1-3-2;4*1-2/h4H,1-3H3;3H2,1-2H3;3*1-2H3;1-2H2. The Kier molecular flexibility index (Phi) is 387. The Balaban J connectivity index is -0.0000000168. The molecule has 0 aromatic heterocycles. The van der Waals surface area contributed by atoms with Gasteiger partial charge in [-0.15, -0.1) is 13.2 Å². The third kappa shape index (κ3) is 28000. The van der Waals surface area contributed by atoms with Crippen LogP contribution in [0.2, 0.25) is 0 Å². The fourth-order valence-corrected chi connectivity index (χ4v) is 0.